The Balaban J connectivity index is 2.35. The monoisotopic (exact) mass is 259 g/mol. The Bertz CT molecular complexity index is 513. The van der Waals surface area contributed by atoms with Crippen LogP contribution < -0.4 is 9.47 Å². The van der Waals surface area contributed by atoms with Gasteiger partial charge in [-0.3, -0.25) is 4.55 Å². The van der Waals surface area contributed by atoms with Crippen molar-refractivity contribution < 1.29 is 22.4 Å². The van der Waals surface area contributed by atoms with Crippen LogP contribution in [0.4, 0.5) is 0 Å². The molecule has 0 bridgehead atoms. The van der Waals surface area contributed by atoms with Gasteiger partial charge >= 0.3 is 10.3 Å². The third kappa shape index (κ3) is 2.68. The fourth-order valence-corrected chi connectivity index (χ4v) is 2.28. The molecular weight excluding hydrogens is 246 g/mol. The van der Waals surface area contributed by atoms with Crippen molar-refractivity contribution in [3.63, 3.8) is 0 Å². The molecule has 0 unspecified atom stereocenters. The van der Waals surface area contributed by atoms with Gasteiger partial charge in [-0.2, -0.15) is 12.7 Å². The molecule has 1 aromatic rings. The highest BCUT2D eigenvalue weighted by molar-refractivity contribution is 7.83. The number of benzene rings is 1. The van der Waals surface area contributed by atoms with Gasteiger partial charge in [0.15, 0.2) is 0 Å². The molecule has 0 saturated carbocycles. The predicted octanol–water partition coefficient (Wildman–Crippen LogP) is 0.692. The molecule has 0 radical (unpaired) electrons. The third-order valence-corrected chi connectivity index (χ3v) is 3.50. The lowest BCUT2D eigenvalue weighted by Gasteiger charge is -2.14. The molecule has 0 atom stereocenters. The zero-order valence-electron chi connectivity index (χ0n) is 9.29. The first kappa shape index (κ1) is 12.2. The van der Waals surface area contributed by atoms with Crippen molar-refractivity contribution in [2.45, 2.75) is 6.54 Å². The summed E-state index contributed by atoms with van der Waals surface area (Å²) in [4.78, 5) is 0. The van der Waals surface area contributed by atoms with Gasteiger partial charge in [0.05, 0.1) is 13.7 Å². The molecule has 17 heavy (non-hydrogen) atoms. The van der Waals surface area contributed by atoms with E-state index in [1.54, 1.807) is 18.2 Å². The Morgan fingerprint density at radius 2 is 2.24 bits per heavy atom. The summed E-state index contributed by atoms with van der Waals surface area (Å²) in [7, 11) is -2.67. The molecular formula is C10H13NO5S. The van der Waals surface area contributed by atoms with E-state index in [2.05, 4.69) is 0 Å². The molecule has 0 fully saturated rings. The van der Waals surface area contributed by atoms with Crippen LogP contribution in [-0.4, -0.2) is 37.5 Å². The Hall–Kier alpha value is -1.31. The highest BCUT2D eigenvalue weighted by Gasteiger charge is 2.24. The van der Waals surface area contributed by atoms with Gasteiger partial charge < -0.3 is 9.47 Å². The smallest absolute Gasteiger partial charge is 0.336 e. The molecule has 6 nitrogen and oxygen atoms in total. The molecule has 0 spiro atoms. The van der Waals surface area contributed by atoms with Crippen LogP contribution >= 0.6 is 0 Å². The van der Waals surface area contributed by atoms with Gasteiger partial charge in [-0.25, -0.2) is 0 Å². The van der Waals surface area contributed by atoms with E-state index in [0.29, 0.717) is 17.1 Å². The summed E-state index contributed by atoms with van der Waals surface area (Å²) in [5.74, 6) is 1.22. The van der Waals surface area contributed by atoms with Gasteiger partial charge in [0, 0.05) is 12.1 Å². The van der Waals surface area contributed by atoms with Gasteiger partial charge in [0.25, 0.3) is 0 Å². The first-order valence-corrected chi connectivity index (χ1v) is 6.42. The maximum Gasteiger partial charge on any atom is 0.336 e. The van der Waals surface area contributed by atoms with E-state index >= 15 is 0 Å². The van der Waals surface area contributed by atoms with E-state index in [9.17, 15) is 8.42 Å². The van der Waals surface area contributed by atoms with Gasteiger partial charge in [-0.05, 0) is 18.2 Å². The maximum atomic E-state index is 11.1. The van der Waals surface area contributed by atoms with E-state index < -0.39 is 10.3 Å². The molecule has 0 aliphatic carbocycles. The normalized spacial score (nSPS) is 16.8. The Kier molecular flexibility index (Phi) is 3.23. The Morgan fingerprint density at radius 3 is 2.88 bits per heavy atom. The molecule has 2 rings (SSSR count). The number of fused-ring (bicyclic) bond motifs is 1. The number of nitrogens with zero attached hydrogens (tertiary/aromatic N) is 1. The first-order chi connectivity index (χ1) is 8.00. The summed E-state index contributed by atoms with van der Waals surface area (Å²) < 4.78 is 42.6. The summed E-state index contributed by atoms with van der Waals surface area (Å²) in [6.07, 6.45) is 0. The summed E-state index contributed by atoms with van der Waals surface area (Å²) in [6, 6.07) is 5.16. The lowest BCUT2D eigenvalue weighted by atomic mass is 10.2. The van der Waals surface area contributed by atoms with Crippen LogP contribution in [0.2, 0.25) is 0 Å². The first-order valence-electron chi connectivity index (χ1n) is 5.03. The minimum Gasteiger partial charge on any atom is -0.497 e. The highest BCUT2D eigenvalue weighted by Crippen LogP contribution is 2.27. The van der Waals surface area contributed by atoms with Gasteiger partial charge in [0.2, 0.25) is 0 Å². The van der Waals surface area contributed by atoms with E-state index in [1.807, 2.05) is 0 Å². The van der Waals surface area contributed by atoms with Crippen molar-refractivity contribution in [1.29, 1.82) is 0 Å². The van der Waals surface area contributed by atoms with Crippen LogP contribution in [0.25, 0.3) is 0 Å². The fourth-order valence-electron chi connectivity index (χ4n) is 1.67. The third-order valence-electron chi connectivity index (χ3n) is 2.54. The number of methoxy groups -OCH3 is 1. The van der Waals surface area contributed by atoms with Crippen molar-refractivity contribution in [3.05, 3.63) is 23.8 Å². The number of hydrogen-bond donors (Lipinski definition) is 1. The van der Waals surface area contributed by atoms with Crippen LogP contribution in [0.5, 0.6) is 11.5 Å². The van der Waals surface area contributed by atoms with Crippen molar-refractivity contribution in [3.8, 4) is 11.5 Å². The van der Waals surface area contributed by atoms with E-state index in [-0.39, 0.29) is 19.7 Å². The van der Waals surface area contributed by atoms with Crippen LogP contribution in [0, 0.1) is 0 Å². The molecule has 0 saturated heterocycles. The molecule has 0 aromatic heterocycles. The molecule has 7 heteroatoms. The highest BCUT2D eigenvalue weighted by atomic mass is 32.2. The summed E-state index contributed by atoms with van der Waals surface area (Å²) in [5.41, 5.74) is 0.666. The number of rotatable bonds is 2. The Labute approximate surface area is 99.6 Å². The topological polar surface area (TPSA) is 76.1 Å². The second-order valence-corrected chi connectivity index (χ2v) is 5.05. The zero-order valence-corrected chi connectivity index (χ0v) is 10.1. The second-order valence-electron chi connectivity index (χ2n) is 3.63. The van der Waals surface area contributed by atoms with Gasteiger partial charge in [-0.1, -0.05) is 0 Å². The number of ether oxygens (including phenoxy) is 2. The molecule has 0 amide bonds. The van der Waals surface area contributed by atoms with Crippen molar-refractivity contribution in [1.82, 2.24) is 4.31 Å². The summed E-state index contributed by atoms with van der Waals surface area (Å²) in [6.45, 7) is 0.403. The zero-order chi connectivity index (χ0) is 12.5. The minimum atomic E-state index is -4.20. The Morgan fingerprint density at radius 1 is 1.47 bits per heavy atom. The largest absolute Gasteiger partial charge is 0.497 e. The lowest BCUT2D eigenvalue weighted by molar-refractivity contribution is 0.279. The predicted molar refractivity (Wildman–Crippen MR) is 60.4 cm³/mol. The average Bonchev–Trinajstić information content (AvgIpc) is 2.49. The average molecular weight is 259 g/mol. The molecule has 1 aliphatic heterocycles. The van der Waals surface area contributed by atoms with Crippen molar-refractivity contribution in [2.24, 2.45) is 0 Å². The van der Waals surface area contributed by atoms with E-state index in [1.165, 1.54) is 7.11 Å². The molecule has 1 N–H and O–H groups in total. The lowest BCUT2D eigenvalue weighted by Crippen LogP contribution is -2.31. The van der Waals surface area contributed by atoms with Crippen LogP contribution in [-0.2, 0) is 16.8 Å². The van der Waals surface area contributed by atoms with Crippen LogP contribution in [0.15, 0.2) is 18.2 Å². The number of hydrogen-bond acceptors (Lipinski definition) is 4. The van der Waals surface area contributed by atoms with Crippen molar-refractivity contribution in [2.75, 3.05) is 20.3 Å². The second kappa shape index (κ2) is 4.52. The molecule has 1 heterocycles. The van der Waals surface area contributed by atoms with Crippen molar-refractivity contribution >= 4 is 10.3 Å². The van der Waals surface area contributed by atoms with E-state index in [4.69, 9.17) is 14.0 Å². The standard InChI is InChI=1S/C10H13NO5S/c1-15-9-2-3-10-8(6-9)7-11(4-5-16-10)17(12,13)14/h2-3,6H,4-5,7H2,1H3,(H,12,13,14). The van der Waals surface area contributed by atoms with Gasteiger partial charge in [-0.15, -0.1) is 0 Å². The molecule has 94 valence electrons. The van der Waals surface area contributed by atoms with E-state index in [0.717, 1.165) is 4.31 Å². The maximum absolute atomic E-state index is 11.1. The molecule has 1 aliphatic rings. The minimum absolute atomic E-state index is 0.0748. The SMILES string of the molecule is COc1ccc2c(c1)CN(S(=O)(=O)O)CCO2. The quantitative estimate of drug-likeness (QED) is 0.791. The van der Waals surface area contributed by atoms with Crippen LogP contribution in [0.1, 0.15) is 5.56 Å². The fraction of sp³-hybridized carbons (Fsp3) is 0.400. The van der Waals surface area contributed by atoms with Crippen LogP contribution in [0.3, 0.4) is 0 Å². The molecule has 1 aromatic carbocycles. The summed E-state index contributed by atoms with van der Waals surface area (Å²) in [5, 5.41) is 0. The summed E-state index contributed by atoms with van der Waals surface area (Å²) >= 11 is 0. The van der Waals surface area contributed by atoms with Gasteiger partial charge in [0.1, 0.15) is 18.1 Å².